The van der Waals surface area contributed by atoms with Crippen LogP contribution in [0.25, 0.3) is 0 Å². The van der Waals surface area contributed by atoms with Crippen molar-refractivity contribution in [3.8, 4) is 0 Å². The zero-order valence-corrected chi connectivity index (χ0v) is 16.0. The Bertz CT molecular complexity index is 518. The lowest BCUT2D eigenvalue weighted by Gasteiger charge is -2.34. The molecule has 5 nitrogen and oxygen atoms in total. The average Bonchev–Trinajstić information content (AvgIpc) is 2.69. The number of hydrogen-bond acceptors (Lipinski definition) is 5. The molecule has 5 heteroatoms. The van der Waals surface area contributed by atoms with Gasteiger partial charge in [-0.05, 0) is 37.8 Å². The molecular weight excluding hydrogens is 322 g/mol. The lowest BCUT2D eigenvalue weighted by atomic mass is 9.89. The SMILES string of the molecule is c1cc2nc(c1)CN[C@@H]1CCCC[C@H]1NCCN[C@@H]1CCCCC1NC2. The van der Waals surface area contributed by atoms with Gasteiger partial charge in [0.15, 0.2) is 0 Å². The van der Waals surface area contributed by atoms with Crippen molar-refractivity contribution in [1.82, 2.24) is 26.3 Å². The van der Waals surface area contributed by atoms with E-state index in [2.05, 4.69) is 39.5 Å². The molecule has 3 aliphatic rings. The largest absolute Gasteiger partial charge is 0.311 e. The lowest BCUT2D eigenvalue weighted by Crippen LogP contribution is -2.53. The molecule has 1 aliphatic heterocycles. The zero-order chi connectivity index (χ0) is 17.6. The van der Waals surface area contributed by atoms with Crippen LogP contribution >= 0.6 is 0 Å². The molecule has 2 heterocycles. The molecule has 4 rings (SSSR count). The third kappa shape index (κ3) is 4.83. The van der Waals surface area contributed by atoms with Gasteiger partial charge in [-0.3, -0.25) is 4.98 Å². The van der Waals surface area contributed by atoms with Gasteiger partial charge in [-0.25, -0.2) is 0 Å². The number of nitrogens with one attached hydrogen (secondary N) is 4. The Morgan fingerprint density at radius 3 is 1.50 bits per heavy atom. The molecule has 2 bridgehead atoms. The second kappa shape index (κ2) is 9.27. The standard InChI is InChI=1S/C21H35N5/c1-3-10-20-18(8-1)22-12-13-23-19-9-2-4-11-21(19)25-15-17-7-5-6-16(26-17)14-24-20/h5-7,18-25H,1-4,8-15H2/t18-,19-,20-,21?/m1/s1. The molecule has 0 amide bonds. The molecule has 2 aliphatic carbocycles. The van der Waals surface area contributed by atoms with Crippen LogP contribution in [0.4, 0.5) is 0 Å². The van der Waals surface area contributed by atoms with Crippen LogP contribution in [0, 0.1) is 0 Å². The maximum Gasteiger partial charge on any atom is 0.0545 e. The molecule has 1 aromatic rings. The van der Waals surface area contributed by atoms with Gasteiger partial charge in [-0.15, -0.1) is 0 Å². The maximum absolute atomic E-state index is 4.89. The van der Waals surface area contributed by atoms with Crippen LogP contribution in [0.15, 0.2) is 18.2 Å². The Labute approximate surface area is 158 Å². The van der Waals surface area contributed by atoms with Crippen LogP contribution in [0.5, 0.6) is 0 Å². The van der Waals surface area contributed by atoms with Crippen molar-refractivity contribution in [2.75, 3.05) is 13.1 Å². The van der Waals surface area contributed by atoms with E-state index < -0.39 is 0 Å². The summed E-state index contributed by atoms with van der Waals surface area (Å²) in [5.41, 5.74) is 2.34. The smallest absolute Gasteiger partial charge is 0.0545 e. The van der Waals surface area contributed by atoms with Crippen molar-refractivity contribution in [3.63, 3.8) is 0 Å². The molecule has 26 heavy (non-hydrogen) atoms. The van der Waals surface area contributed by atoms with Crippen molar-refractivity contribution < 1.29 is 0 Å². The van der Waals surface area contributed by atoms with Crippen LogP contribution in [-0.4, -0.2) is 42.2 Å². The van der Waals surface area contributed by atoms with Crippen molar-refractivity contribution in [3.05, 3.63) is 29.6 Å². The van der Waals surface area contributed by atoms with Gasteiger partial charge < -0.3 is 21.3 Å². The minimum atomic E-state index is 0.569. The Hall–Kier alpha value is -1.01. The van der Waals surface area contributed by atoms with Gasteiger partial charge >= 0.3 is 0 Å². The third-order valence-electron chi connectivity index (χ3n) is 6.43. The predicted octanol–water partition coefficient (Wildman–Crippen LogP) is 2.08. The average molecular weight is 358 g/mol. The van der Waals surface area contributed by atoms with Gasteiger partial charge in [0.2, 0.25) is 0 Å². The highest BCUT2D eigenvalue weighted by atomic mass is 15.1. The third-order valence-corrected chi connectivity index (χ3v) is 6.43. The van der Waals surface area contributed by atoms with E-state index in [4.69, 9.17) is 4.98 Å². The first-order valence-electron chi connectivity index (χ1n) is 10.8. The van der Waals surface area contributed by atoms with Crippen molar-refractivity contribution in [2.45, 2.75) is 88.6 Å². The molecule has 4 atom stereocenters. The van der Waals surface area contributed by atoms with E-state index in [0.717, 1.165) is 26.2 Å². The van der Waals surface area contributed by atoms with E-state index >= 15 is 0 Å². The van der Waals surface area contributed by atoms with E-state index in [1.54, 1.807) is 0 Å². The first-order valence-corrected chi connectivity index (χ1v) is 10.8. The molecular formula is C21H35N5. The first kappa shape index (κ1) is 18.4. The molecule has 0 spiro atoms. The van der Waals surface area contributed by atoms with Crippen LogP contribution in [0.1, 0.15) is 62.8 Å². The van der Waals surface area contributed by atoms with E-state index in [9.17, 15) is 0 Å². The van der Waals surface area contributed by atoms with Crippen LogP contribution in [-0.2, 0) is 13.1 Å². The Kier molecular flexibility index (Phi) is 6.54. The monoisotopic (exact) mass is 357 g/mol. The minimum absolute atomic E-state index is 0.569. The fourth-order valence-electron chi connectivity index (χ4n) is 4.95. The highest BCUT2D eigenvalue weighted by Gasteiger charge is 2.26. The molecule has 4 N–H and O–H groups in total. The maximum atomic E-state index is 4.89. The van der Waals surface area contributed by atoms with Gasteiger partial charge in [0, 0.05) is 50.3 Å². The summed E-state index contributed by atoms with van der Waals surface area (Å²) in [7, 11) is 0. The summed E-state index contributed by atoms with van der Waals surface area (Å²) in [6.45, 7) is 3.89. The lowest BCUT2D eigenvalue weighted by molar-refractivity contribution is 0.266. The number of nitrogens with zero attached hydrogens (tertiary/aromatic N) is 1. The van der Waals surface area contributed by atoms with Gasteiger partial charge in [0.25, 0.3) is 0 Å². The fourth-order valence-corrected chi connectivity index (χ4v) is 4.95. The molecule has 0 saturated heterocycles. The van der Waals surface area contributed by atoms with E-state index in [1.165, 1.54) is 62.8 Å². The van der Waals surface area contributed by atoms with Crippen LogP contribution < -0.4 is 21.3 Å². The number of aromatic nitrogens is 1. The summed E-state index contributed by atoms with van der Waals surface area (Å²) >= 11 is 0. The van der Waals surface area contributed by atoms with Crippen LogP contribution in [0.2, 0.25) is 0 Å². The number of fused-ring (bicyclic) bond motifs is 4. The van der Waals surface area contributed by atoms with Gasteiger partial charge in [-0.2, -0.15) is 0 Å². The van der Waals surface area contributed by atoms with E-state index in [0.29, 0.717) is 24.2 Å². The number of pyridine rings is 1. The van der Waals surface area contributed by atoms with Crippen molar-refractivity contribution in [2.24, 2.45) is 0 Å². The molecule has 0 radical (unpaired) electrons. The molecule has 1 unspecified atom stereocenters. The van der Waals surface area contributed by atoms with Gasteiger partial charge in [0.05, 0.1) is 11.4 Å². The summed E-state index contributed by atoms with van der Waals surface area (Å²) in [6, 6.07) is 8.81. The topological polar surface area (TPSA) is 61.0 Å². The van der Waals surface area contributed by atoms with Crippen LogP contribution in [0.3, 0.4) is 0 Å². The molecule has 1 aromatic heterocycles. The van der Waals surface area contributed by atoms with Gasteiger partial charge in [0.1, 0.15) is 0 Å². The number of rotatable bonds is 0. The summed E-state index contributed by atoms with van der Waals surface area (Å²) in [5, 5.41) is 15.2. The minimum Gasteiger partial charge on any atom is -0.311 e. The summed E-state index contributed by atoms with van der Waals surface area (Å²) in [6.07, 6.45) is 10.5. The zero-order valence-electron chi connectivity index (χ0n) is 16.0. The normalized spacial score (nSPS) is 34.0. The summed E-state index contributed by atoms with van der Waals surface area (Å²) < 4.78 is 0. The summed E-state index contributed by atoms with van der Waals surface area (Å²) in [5.74, 6) is 0. The highest BCUT2D eigenvalue weighted by molar-refractivity contribution is 5.12. The van der Waals surface area contributed by atoms with E-state index in [-0.39, 0.29) is 0 Å². The van der Waals surface area contributed by atoms with Crippen molar-refractivity contribution >= 4 is 0 Å². The van der Waals surface area contributed by atoms with Gasteiger partial charge in [-0.1, -0.05) is 31.7 Å². The first-order chi connectivity index (χ1) is 12.9. The molecule has 0 aromatic carbocycles. The van der Waals surface area contributed by atoms with Crippen molar-refractivity contribution in [1.29, 1.82) is 0 Å². The Morgan fingerprint density at radius 2 is 1.04 bits per heavy atom. The summed E-state index contributed by atoms with van der Waals surface area (Å²) in [4.78, 5) is 4.89. The Morgan fingerprint density at radius 1 is 0.615 bits per heavy atom. The number of hydrogen-bond donors (Lipinski definition) is 4. The second-order valence-corrected chi connectivity index (χ2v) is 8.29. The second-order valence-electron chi connectivity index (χ2n) is 8.29. The quantitative estimate of drug-likeness (QED) is 0.573. The molecule has 2 saturated carbocycles. The van der Waals surface area contributed by atoms with E-state index in [1.807, 2.05) is 0 Å². The Balaban J connectivity index is 1.47. The highest BCUT2D eigenvalue weighted by Crippen LogP contribution is 2.20. The molecule has 2 fully saturated rings. The molecule has 144 valence electrons. The fraction of sp³-hybridized carbons (Fsp3) is 0.762. The predicted molar refractivity (Wildman–Crippen MR) is 106 cm³/mol.